The average molecular weight is 360 g/mol. The molecule has 1 rings (SSSR count). The number of halogens is 1. The number of unbranched alkanes of at least 4 members (excludes halogenated alkanes) is 9. The lowest BCUT2D eigenvalue weighted by Gasteiger charge is -2.21. The number of hydrogen-bond acceptors (Lipinski definition) is 1. The first-order valence-electron chi connectivity index (χ1n) is 11.1. The van der Waals surface area contributed by atoms with Gasteiger partial charge in [-0.3, -0.25) is 0 Å². The Balaban J connectivity index is 0.00000529. The van der Waals surface area contributed by atoms with Gasteiger partial charge in [-0.15, -0.1) is 12.4 Å². The van der Waals surface area contributed by atoms with Crippen LogP contribution in [0.25, 0.3) is 0 Å². The Morgan fingerprint density at radius 2 is 1.08 bits per heavy atom. The van der Waals surface area contributed by atoms with Gasteiger partial charge in [0.15, 0.2) is 0 Å². The Morgan fingerprint density at radius 3 is 1.58 bits per heavy atom. The zero-order valence-corrected chi connectivity index (χ0v) is 17.7. The maximum Gasteiger partial charge on any atom is -0.00190 e. The van der Waals surface area contributed by atoms with E-state index in [0.717, 1.165) is 5.92 Å². The van der Waals surface area contributed by atoms with Crippen LogP contribution in [0.4, 0.5) is 0 Å². The minimum atomic E-state index is 0. The predicted molar refractivity (Wildman–Crippen MR) is 112 cm³/mol. The van der Waals surface area contributed by atoms with Gasteiger partial charge in [-0.1, -0.05) is 110 Å². The molecule has 146 valence electrons. The highest BCUT2D eigenvalue weighted by Crippen LogP contribution is 2.28. The third-order valence-corrected chi connectivity index (χ3v) is 5.96. The first kappa shape index (κ1) is 24.2. The summed E-state index contributed by atoms with van der Waals surface area (Å²) < 4.78 is 0. The van der Waals surface area contributed by atoms with Crippen LogP contribution in [0.15, 0.2) is 0 Å². The van der Waals surface area contributed by atoms with Gasteiger partial charge in [0.05, 0.1) is 0 Å². The molecule has 0 aromatic heterocycles. The van der Waals surface area contributed by atoms with Gasteiger partial charge in [-0.05, 0) is 32.0 Å². The average Bonchev–Trinajstić information content (AvgIpc) is 2.60. The third-order valence-electron chi connectivity index (χ3n) is 5.96. The van der Waals surface area contributed by atoms with Gasteiger partial charge in [0.2, 0.25) is 0 Å². The van der Waals surface area contributed by atoms with Gasteiger partial charge < -0.3 is 4.90 Å². The van der Waals surface area contributed by atoms with Gasteiger partial charge in [0, 0.05) is 0 Å². The van der Waals surface area contributed by atoms with Crippen LogP contribution in [-0.2, 0) is 0 Å². The molecule has 0 N–H and O–H groups in total. The van der Waals surface area contributed by atoms with Crippen molar-refractivity contribution >= 4 is 12.4 Å². The van der Waals surface area contributed by atoms with Crippen LogP contribution in [0.5, 0.6) is 0 Å². The molecule has 0 saturated heterocycles. The molecule has 1 nitrogen and oxygen atoms in total. The van der Waals surface area contributed by atoms with Crippen LogP contribution >= 0.6 is 12.4 Å². The minimum absolute atomic E-state index is 0. The Labute approximate surface area is 159 Å². The molecule has 0 amide bonds. The predicted octanol–water partition coefficient (Wildman–Crippen LogP) is 7.62. The molecule has 0 spiro atoms. The molecule has 1 aliphatic carbocycles. The zero-order valence-electron chi connectivity index (χ0n) is 16.9. The summed E-state index contributed by atoms with van der Waals surface area (Å²) in [6.45, 7) is 8.31. The first-order chi connectivity index (χ1) is 11.4. The van der Waals surface area contributed by atoms with E-state index in [1.54, 1.807) is 0 Å². The van der Waals surface area contributed by atoms with Crippen molar-refractivity contribution < 1.29 is 0 Å². The molecule has 0 aromatic rings. The summed E-state index contributed by atoms with van der Waals surface area (Å²) in [5.74, 6) is 1.10. The van der Waals surface area contributed by atoms with Crippen LogP contribution in [0.1, 0.15) is 117 Å². The molecule has 1 saturated carbocycles. The van der Waals surface area contributed by atoms with E-state index in [1.807, 2.05) is 0 Å². The maximum atomic E-state index is 2.55. The van der Waals surface area contributed by atoms with Crippen molar-refractivity contribution in [3.05, 3.63) is 0 Å². The van der Waals surface area contributed by atoms with Crippen molar-refractivity contribution in [2.45, 2.75) is 117 Å². The van der Waals surface area contributed by atoms with E-state index in [4.69, 9.17) is 0 Å². The van der Waals surface area contributed by atoms with Crippen LogP contribution in [0.3, 0.4) is 0 Å². The van der Waals surface area contributed by atoms with E-state index < -0.39 is 0 Å². The topological polar surface area (TPSA) is 3.24 Å². The van der Waals surface area contributed by atoms with E-state index in [9.17, 15) is 0 Å². The molecule has 0 heterocycles. The molecule has 0 aliphatic heterocycles. The van der Waals surface area contributed by atoms with Gasteiger partial charge in [-0.2, -0.15) is 0 Å². The molecule has 0 atom stereocenters. The van der Waals surface area contributed by atoms with Gasteiger partial charge >= 0.3 is 0 Å². The Bertz CT molecular complexity index is 234. The molecule has 0 unspecified atom stereocenters. The monoisotopic (exact) mass is 359 g/mol. The largest absolute Gasteiger partial charge is 0.304 e. The van der Waals surface area contributed by atoms with Crippen LogP contribution < -0.4 is 0 Å². The lowest BCUT2D eigenvalue weighted by molar-refractivity contribution is 0.295. The third kappa shape index (κ3) is 13.5. The number of rotatable bonds is 15. The second-order valence-corrected chi connectivity index (χ2v) is 7.86. The van der Waals surface area contributed by atoms with Gasteiger partial charge in [0.1, 0.15) is 0 Å². The fraction of sp³-hybridized carbons (Fsp3) is 1.00. The molecule has 0 radical (unpaired) electrons. The minimum Gasteiger partial charge on any atom is -0.304 e. The Kier molecular flexibility index (Phi) is 18.2. The highest BCUT2D eigenvalue weighted by atomic mass is 35.5. The van der Waals surface area contributed by atoms with E-state index in [0.29, 0.717) is 0 Å². The summed E-state index contributed by atoms with van der Waals surface area (Å²) in [4.78, 5) is 2.55. The summed E-state index contributed by atoms with van der Waals surface area (Å²) in [7, 11) is 0. The van der Waals surface area contributed by atoms with E-state index in [1.165, 1.54) is 122 Å². The summed E-state index contributed by atoms with van der Waals surface area (Å²) in [6.07, 6.45) is 23.9. The SMILES string of the molecule is CCN(CC)CCCCCCCCCCCCC1CCCCC1.Cl. The van der Waals surface area contributed by atoms with Crippen LogP contribution in [-0.4, -0.2) is 24.5 Å². The van der Waals surface area contributed by atoms with Gasteiger partial charge in [0.25, 0.3) is 0 Å². The first-order valence-corrected chi connectivity index (χ1v) is 11.1. The summed E-state index contributed by atoms with van der Waals surface area (Å²) in [5, 5.41) is 0. The Morgan fingerprint density at radius 1 is 0.625 bits per heavy atom. The molecule has 1 fully saturated rings. The second-order valence-electron chi connectivity index (χ2n) is 7.86. The Hall–Kier alpha value is 0.250. The second kappa shape index (κ2) is 18.1. The molecule has 0 aromatic carbocycles. The van der Waals surface area contributed by atoms with Crippen LogP contribution in [0, 0.1) is 5.92 Å². The fourth-order valence-electron chi connectivity index (χ4n) is 4.20. The molecule has 0 bridgehead atoms. The van der Waals surface area contributed by atoms with E-state index in [2.05, 4.69) is 18.7 Å². The van der Waals surface area contributed by atoms with Crippen molar-refractivity contribution in [3.63, 3.8) is 0 Å². The highest BCUT2D eigenvalue weighted by Gasteiger charge is 2.12. The van der Waals surface area contributed by atoms with Gasteiger partial charge in [-0.25, -0.2) is 0 Å². The zero-order chi connectivity index (χ0) is 16.6. The van der Waals surface area contributed by atoms with Crippen molar-refractivity contribution in [2.24, 2.45) is 5.92 Å². The fourth-order valence-corrected chi connectivity index (χ4v) is 4.20. The standard InChI is InChI=1S/C22H45N.ClH/c1-3-23(4-2)21-17-12-10-8-6-5-7-9-11-14-18-22-19-15-13-16-20-22;/h22H,3-21H2,1-2H3;1H. The lowest BCUT2D eigenvalue weighted by atomic mass is 9.85. The molecular formula is C22H46ClN. The summed E-state index contributed by atoms with van der Waals surface area (Å²) in [5.41, 5.74) is 0. The highest BCUT2D eigenvalue weighted by molar-refractivity contribution is 5.85. The van der Waals surface area contributed by atoms with Crippen molar-refractivity contribution in [1.82, 2.24) is 4.90 Å². The number of hydrogen-bond donors (Lipinski definition) is 0. The van der Waals surface area contributed by atoms with Crippen LogP contribution in [0.2, 0.25) is 0 Å². The van der Waals surface area contributed by atoms with Crippen molar-refractivity contribution in [3.8, 4) is 0 Å². The van der Waals surface area contributed by atoms with E-state index >= 15 is 0 Å². The summed E-state index contributed by atoms with van der Waals surface area (Å²) >= 11 is 0. The lowest BCUT2D eigenvalue weighted by Crippen LogP contribution is -2.23. The molecule has 24 heavy (non-hydrogen) atoms. The maximum absolute atomic E-state index is 2.55. The smallest absolute Gasteiger partial charge is 0.00190 e. The van der Waals surface area contributed by atoms with Crippen molar-refractivity contribution in [1.29, 1.82) is 0 Å². The molecule has 2 heteroatoms. The molecule has 1 aliphatic rings. The number of nitrogens with zero attached hydrogens (tertiary/aromatic N) is 1. The quantitative estimate of drug-likeness (QED) is 0.272. The van der Waals surface area contributed by atoms with E-state index in [-0.39, 0.29) is 12.4 Å². The van der Waals surface area contributed by atoms with Crippen molar-refractivity contribution in [2.75, 3.05) is 19.6 Å². The molecular weight excluding hydrogens is 314 g/mol. The summed E-state index contributed by atoms with van der Waals surface area (Å²) in [6, 6.07) is 0. The normalized spacial score (nSPS) is 15.6.